The lowest BCUT2D eigenvalue weighted by Crippen LogP contribution is -2.45. The lowest BCUT2D eigenvalue weighted by atomic mass is 10.2. The molecule has 1 N–H and O–H groups in total. The minimum Gasteiger partial charge on any atom is -0.354 e. The summed E-state index contributed by atoms with van der Waals surface area (Å²) in [5.74, 6) is 1.13. The Morgan fingerprint density at radius 1 is 1.16 bits per heavy atom. The molecule has 2 aromatic rings. The molecule has 1 aromatic carbocycles. The van der Waals surface area contributed by atoms with Crippen LogP contribution < -0.4 is 10.2 Å². The predicted octanol–water partition coefficient (Wildman–Crippen LogP) is 2.75. The zero-order valence-corrected chi connectivity index (χ0v) is 15.5. The summed E-state index contributed by atoms with van der Waals surface area (Å²) < 4.78 is 0. The largest absolute Gasteiger partial charge is 0.354 e. The third kappa shape index (κ3) is 4.08. The van der Waals surface area contributed by atoms with Gasteiger partial charge >= 0.3 is 0 Å². The maximum absolute atomic E-state index is 12.6. The molecular weight excluding hydrogens is 338 g/mol. The van der Waals surface area contributed by atoms with Gasteiger partial charge in [-0.05, 0) is 38.6 Å². The summed E-state index contributed by atoms with van der Waals surface area (Å²) in [5, 5.41) is 3.51. The van der Waals surface area contributed by atoms with Crippen LogP contribution in [0, 0.1) is 13.8 Å². The van der Waals surface area contributed by atoms with E-state index >= 15 is 0 Å². The number of nitrogens with zero attached hydrogens (tertiary/aromatic N) is 4. The molecule has 2 heterocycles. The van der Waals surface area contributed by atoms with Gasteiger partial charge < -0.3 is 15.1 Å². The van der Waals surface area contributed by atoms with Crippen LogP contribution in [0.3, 0.4) is 0 Å². The zero-order valence-electron chi connectivity index (χ0n) is 14.7. The summed E-state index contributed by atoms with van der Waals surface area (Å²) >= 11 is 6.12. The van der Waals surface area contributed by atoms with Gasteiger partial charge in [-0.3, -0.25) is 4.79 Å². The number of hydrogen-bond donors (Lipinski definition) is 1. The fourth-order valence-corrected chi connectivity index (χ4v) is 2.97. The molecule has 0 radical (unpaired) electrons. The summed E-state index contributed by atoms with van der Waals surface area (Å²) in [7, 11) is 2.11. The predicted molar refractivity (Wildman–Crippen MR) is 101 cm³/mol. The third-order valence-electron chi connectivity index (χ3n) is 4.40. The lowest BCUT2D eigenvalue weighted by Gasteiger charge is -2.33. The van der Waals surface area contributed by atoms with Crippen molar-refractivity contribution in [3.63, 3.8) is 0 Å². The molecule has 25 heavy (non-hydrogen) atoms. The van der Waals surface area contributed by atoms with Crippen LogP contribution in [0.1, 0.15) is 21.9 Å². The van der Waals surface area contributed by atoms with Crippen molar-refractivity contribution in [1.29, 1.82) is 0 Å². The molecule has 1 saturated heterocycles. The first kappa shape index (κ1) is 17.6. The molecular formula is C18H22ClN5O. The van der Waals surface area contributed by atoms with Crippen LogP contribution in [0.4, 0.5) is 11.5 Å². The van der Waals surface area contributed by atoms with Crippen molar-refractivity contribution in [2.75, 3.05) is 43.4 Å². The lowest BCUT2D eigenvalue weighted by molar-refractivity contribution is 0.102. The highest BCUT2D eigenvalue weighted by molar-refractivity contribution is 6.31. The van der Waals surface area contributed by atoms with Gasteiger partial charge in [0.05, 0.1) is 0 Å². The summed E-state index contributed by atoms with van der Waals surface area (Å²) in [4.78, 5) is 25.9. The van der Waals surface area contributed by atoms with E-state index in [1.54, 1.807) is 19.1 Å². The quantitative estimate of drug-likeness (QED) is 0.913. The normalized spacial score (nSPS) is 15.3. The number of anilines is 2. The molecule has 0 atom stereocenters. The number of amides is 1. The Balaban J connectivity index is 1.82. The Bertz CT molecular complexity index is 787. The minimum atomic E-state index is -0.258. The Morgan fingerprint density at radius 2 is 1.88 bits per heavy atom. The first-order chi connectivity index (χ1) is 11.9. The molecule has 6 nitrogen and oxygen atoms in total. The number of hydrogen-bond acceptors (Lipinski definition) is 5. The van der Waals surface area contributed by atoms with Gasteiger partial charge in [0, 0.05) is 43.0 Å². The highest BCUT2D eigenvalue weighted by Crippen LogP contribution is 2.23. The van der Waals surface area contributed by atoms with E-state index in [0.717, 1.165) is 37.6 Å². The first-order valence-electron chi connectivity index (χ1n) is 8.29. The molecule has 7 heteroatoms. The van der Waals surface area contributed by atoms with Gasteiger partial charge in [0.25, 0.3) is 5.91 Å². The Hall–Kier alpha value is -2.18. The van der Waals surface area contributed by atoms with Crippen molar-refractivity contribution in [3.05, 3.63) is 46.4 Å². The van der Waals surface area contributed by atoms with E-state index in [4.69, 9.17) is 11.6 Å². The van der Waals surface area contributed by atoms with Gasteiger partial charge in [-0.15, -0.1) is 0 Å². The smallest absolute Gasteiger partial charge is 0.274 e. The Labute approximate surface area is 152 Å². The number of carbonyl (C=O) groups excluding carboxylic acids is 1. The number of likely N-dealkylation sites (N-methyl/N-ethyl adjacent to an activating group) is 1. The number of rotatable bonds is 3. The van der Waals surface area contributed by atoms with Crippen LogP contribution in [0.25, 0.3) is 0 Å². The molecule has 0 bridgehead atoms. The average molecular weight is 360 g/mol. The van der Waals surface area contributed by atoms with E-state index in [2.05, 4.69) is 32.1 Å². The van der Waals surface area contributed by atoms with Crippen molar-refractivity contribution in [1.82, 2.24) is 14.9 Å². The minimum absolute atomic E-state index is 0.258. The third-order valence-corrected chi connectivity index (χ3v) is 4.81. The van der Waals surface area contributed by atoms with E-state index in [9.17, 15) is 4.79 Å². The van der Waals surface area contributed by atoms with Crippen molar-refractivity contribution < 1.29 is 4.79 Å². The molecule has 0 saturated carbocycles. The van der Waals surface area contributed by atoms with Gasteiger partial charge in [0.1, 0.15) is 17.3 Å². The van der Waals surface area contributed by atoms with Gasteiger partial charge in [-0.1, -0.05) is 17.7 Å². The number of aromatic nitrogens is 2. The van der Waals surface area contributed by atoms with E-state index in [-0.39, 0.29) is 5.91 Å². The number of halogens is 1. The average Bonchev–Trinajstić information content (AvgIpc) is 2.59. The number of nitrogens with one attached hydrogen (secondary N) is 1. The fraction of sp³-hybridized carbons (Fsp3) is 0.389. The van der Waals surface area contributed by atoms with Crippen LogP contribution in [-0.4, -0.2) is 54.0 Å². The maximum atomic E-state index is 12.6. The molecule has 0 aliphatic carbocycles. The second-order valence-corrected chi connectivity index (χ2v) is 6.72. The van der Waals surface area contributed by atoms with Crippen LogP contribution in [0.5, 0.6) is 0 Å². The number of carbonyl (C=O) groups is 1. The zero-order chi connectivity index (χ0) is 18.0. The number of benzene rings is 1. The molecule has 1 aliphatic heterocycles. The molecule has 1 fully saturated rings. The topological polar surface area (TPSA) is 61.4 Å². The van der Waals surface area contributed by atoms with Gasteiger partial charge in [-0.2, -0.15) is 0 Å². The van der Waals surface area contributed by atoms with Crippen molar-refractivity contribution in [3.8, 4) is 0 Å². The van der Waals surface area contributed by atoms with Crippen LogP contribution in [0.2, 0.25) is 5.02 Å². The van der Waals surface area contributed by atoms with Gasteiger partial charge in [0.15, 0.2) is 0 Å². The Morgan fingerprint density at radius 3 is 2.60 bits per heavy atom. The highest BCUT2D eigenvalue weighted by Gasteiger charge is 2.19. The van der Waals surface area contributed by atoms with Crippen LogP contribution >= 0.6 is 11.6 Å². The molecule has 0 spiro atoms. The second-order valence-electron chi connectivity index (χ2n) is 6.32. The van der Waals surface area contributed by atoms with E-state index in [1.807, 2.05) is 19.1 Å². The SMILES string of the molecule is Cc1nc(C(=O)Nc2cccc(Cl)c2C)cc(N2CCN(C)CC2)n1. The van der Waals surface area contributed by atoms with E-state index < -0.39 is 0 Å². The molecule has 132 valence electrons. The second kappa shape index (κ2) is 7.37. The van der Waals surface area contributed by atoms with Crippen LogP contribution in [0.15, 0.2) is 24.3 Å². The number of piperazine rings is 1. The molecule has 3 rings (SSSR count). The molecule has 1 amide bonds. The van der Waals surface area contributed by atoms with E-state index in [1.165, 1.54) is 0 Å². The van der Waals surface area contributed by atoms with Crippen LogP contribution in [-0.2, 0) is 0 Å². The fourth-order valence-electron chi connectivity index (χ4n) is 2.80. The highest BCUT2D eigenvalue weighted by atomic mass is 35.5. The molecule has 0 unspecified atom stereocenters. The summed E-state index contributed by atoms with van der Waals surface area (Å²) in [6, 6.07) is 7.20. The summed E-state index contributed by atoms with van der Waals surface area (Å²) in [5.41, 5.74) is 1.89. The van der Waals surface area contributed by atoms with Gasteiger partial charge in [-0.25, -0.2) is 9.97 Å². The molecule has 1 aliphatic rings. The standard InChI is InChI=1S/C18H22ClN5O/c1-12-14(19)5-4-6-15(12)22-18(25)16-11-17(21-13(2)20-16)24-9-7-23(3)8-10-24/h4-6,11H,7-10H2,1-3H3,(H,22,25). The summed E-state index contributed by atoms with van der Waals surface area (Å²) in [6.45, 7) is 7.42. The maximum Gasteiger partial charge on any atom is 0.274 e. The number of aryl methyl sites for hydroxylation is 1. The van der Waals surface area contributed by atoms with E-state index in [0.29, 0.717) is 22.2 Å². The monoisotopic (exact) mass is 359 g/mol. The Kier molecular flexibility index (Phi) is 5.20. The van der Waals surface area contributed by atoms with Crippen molar-refractivity contribution >= 4 is 29.0 Å². The van der Waals surface area contributed by atoms with Crippen molar-refractivity contribution in [2.24, 2.45) is 0 Å². The van der Waals surface area contributed by atoms with Crippen molar-refractivity contribution in [2.45, 2.75) is 13.8 Å². The van der Waals surface area contributed by atoms with Gasteiger partial charge in [0.2, 0.25) is 0 Å². The first-order valence-corrected chi connectivity index (χ1v) is 8.67. The molecule has 1 aromatic heterocycles. The summed E-state index contributed by atoms with van der Waals surface area (Å²) in [6.07, 6.45) is 0.